The summed E-state index contributed by atoms with van der Waals surface area (Å²) in [6.45, 7) is 4.09. The van der Waals surface area contributed by atoms with Gasteiger partial charge in [-0.15, -0.1) is 6.58 Å². The van der Waals surface area contributed by atoms with Gasteiger partial charge in [0.2, 0.25) is 0 Å². The maximum Gasteiger partial charge on any atom is 0.411 e. The molecule has 0 fully saturated rings. The number of amides is 1. The third-order valence-electron chi connectivity index (χ3n) is 3.13. The molecule has 0 aliphatic rings. The Labute approximate surface area is 139 Å². The average molecular weight is 330 g/mol. The highest BCUT2D eigenvalue weighted by Crippen LogP contribution is 2.25. The van der Waals surface area contributed by atoms with Crippen LogP contribution in [0.5, 0.6) is 5.75 Å². The van der Waals surface area contributed by atoms with Crippen LogP contribution in [-0.4, -0.2) is 12.7 Å². The molecule has 3 N–H and O–H groups in total. The van der Waals surface area contributed by atoms with Crippen molar-refractivity contribution in [2.75, 3.05) is 17.7 Å². The summed E-state index contributed by atoms with van der Waals surface area (Å²) in [4.78, 5) is 11.6. The molecule has 0 bridgehead atoms. The number of nitrogen functional groups attached to an aromatic ring is 1. The van der Waals surface area contributed by atoms with Gasteiger partial charge in [-0.3, -0.25) is 5.32 Å². The Morgan fingerprint density at radius 3 is 2.67 bits per heavy atom. The van der Waals surface area contributed by atoms with Crippen LogP contribution in [-0.2, 0) is 11.3 Å². The molecule has 0 heterocycles. The van der Waals surface area contributed by atoms with E-state index < -0.39 is 6.09 Å². The number of halogens is 1. The van der Waals surface area contributed by atoms with Crippen molar-refractivity contribution in [2.45, 2.75) is 13.0 Å². The topological polar surface area (TPSA) is 73.6 Å². The average Bonchev–Trinajstić information content (AvgIpc) is 2.57. The monoisotopic (exact) mass is 330 g/mol. The van der Waals surface area contributed by atoms with Crippen molar-refractivity contribution in [3.8, 4) is 5.75 Å². The highest BCUT2D eigenvalue weighted by molar-refractivity contribution is 5.89. The summed E-state index contributed by atoms with van der Waals surface area (Å²) < 4.78 is 23.4. The Morgan fingerprint density at radius 1 is 1.25 bits per heavy atom. The molecule has 0 unspecified atom stereocenters. The van der Waals surface area contributed by atoms with Crippen molar-refractivity contribution in [3.63, 3.8) is 0 Å². The molecule has 2 aromatic carbocycles. The fourth-order valence-corrected chi connectivity index (χ4v) is 1.87. The Morgan fingerprint density at radius 2 is 2.00 bits per heavy atom. The fraction of sp³-hybridized carbons (Fsp3) is 0.167. The zero-order valence-electron chi connectivity index (χ0n) is 13.1. The van der Waals surface area contributed by atoms with Gasteiger partial charge < -0.3 is 15.2 Å². The summed E-state index contributed by atoms with van der Waals surface area (Å²) in [6.07, 6.45) is 1.66. The molecule has 0 saturated carbocycles. The Kier molecular flexibility index (Phi) is 6.19. The van der Waals surface area contributed by atoms with Gasteiger partial charge in [0.25, 0.3) is 0 Å². The third kappa shape index (κ3) is 5.31. The van der Waals surface area contributed by atoms with Crippen molar-refractivity contribution in [2.24, 2.45) is 0 Å². The van der Waals surface area contributed by atoms with E-state index in [2.05, 4.69) is 11.9 Å². The second kappa shape index (κ2) is 8.57. The molecular formula is C18H19FN2O3. The van der Waals surface area contributed by atoms with Gasteiger partial charge in [-0.25, -0.2) is 9.18 Å². The van der Waals surface area contributed by atoms with E-state index in [9.17, 15) is 9.18 Å². The van der Waals surface area contributed by atoms with Gasteiger partial charge in [0.05, 0.1) is 18.0 Å². The van der Waals surface area contributed by atoms with Crippen molar-refractivity contribution < 1.29 is 18.7 Å². The molecule has 0 aliphatic heterocycles. The second-order valence-electron chi connectivity index (χ2n) is 5.00. The van der Waals surface area contributed by atoms with E-state index in [-0.39, 0.29) is 19.0 Å². The van der Waals surface area contributed by atoms with Gasteiger partial charge in [0.1, 0.15) is 18.2 Å². The smallest absolute Gasteiger partial charge is 0.411 e. The van der Waals surface area contributed by atoms with E-state index in [1.54, 1.807) is 36.4 Å². The van der Waals surface area contributed by atoms with E-state index in [4.69, 9.17) is 15.2 Å². The lowest BCUT2D eigenvalue weighted by Gasteiger charge is -2.11. The molecule has 2 rings (SSSR count). The van der Waals surface area contributed by atoms with Gasteiger partial charge in [0, 0.05) is 6.07 Å². The summed E-state index contributed by atoms with van der Waals surface area (Å²) in [5.41, 5.74) is 7.53. The Hall–Kier alpha value is -3.02. The summed E-state index contributed by atoms with van der Waals surface area (Å²) in [5, 5.41) is 2.56. The van der Waals surface area contributed by atoms with E-state index in [1.165, 1.54) is 12.1 Å². The van der Waals surface area contributed by atoms with Crippen LogP contribution in [0.25, 0.3) is 0 Å². The minimum atomic E-state index is -0.580. The van der Waals surface area contributed by atoms with Crippen molar-refractivity contribution in [3.05, 3.63) is 66.5 Å². The molecule has 2 aromatic rings. The van der Waals surface area contributed by atoms with Gasteiger partial charge >= 0.3 is 6.09 Å². The van der Waals surface area contributed by atoms with E-state index in [0.717, 1.165) is 5.56 Å². The lowest BCUT2D eigenvalue weighted by atomic mass is 10.2. The van der Waals surface area contributed by atoms with Gasteiger partial charge in [-0.2, -0.15) is 0 Å². The molecule has 24 heavy (non-hydrogen) atoms. The number of rotatable bonds is 7. The lowest BCUT2D eigenvalue weighted by Crippen LogP contribution is -2.15. The predicted molar refractivity (Wildman–Crippen MR) is 91.4 cm³/mol. The zero-order valence-corrected chi connectivity index (χ0v) is 13.1. The standard InChI is InChI=1S/C18H19FN2O3/c1-2-3-10-23-18(22)21-17-9-8-15(11-16(17)20)24-12-13-4-6-14(19)7-5-13/h2,4-9,11H,1,3,10,12,20H2,(H,21,22). The van der Waals surface area contributed by atoms with Crippen LogP contribution in [0.4, 0.5) is 20.6 Å². The zero-order chi connectivity index (χ0) is 17.4. The number of hydrogen-bond acceptors (Lipinski definition) is 4. The van der Waals surface area contributed by atoms with Gasteiger partial charge in [0.15, 0.2) is 0 Å². The SMILES string of the molecule is C=CCCOC(=O)Nc1ccc(OCc2ccc(F)cc2)cc1N. The first kappa shape index (κ1) is 17.3. The fourth-order valence-electron chi connectivity index (χ4n) is 1.87. The Balaban J connectivity index is 1.90. The molecule has 1 amide bonds. The first-order chi connectivity index (χ1) is 11.6. The molecule has 0 aromatic heterocycles. The minimum Gasteiger partial charge on any atom is -0.489 e. The number of carbonyl (C=O) groups excluding carboxylic acids is 1. The van der Waals surface area contributed by atoms with Crippen molar-refractivity contribution in [1.29, 1.82) is 0 Å². The first-order valence-corrected chi connectivity index (χ1v) is 7.40. The van der Waals surface area contributed by atoms with Gasteiger partial charge in [-0.05, 0) is 36.2 Å². The maximum atomic E-state index is 12.8. The summed E-state index contributed by atoms with van der Waals surface area (Å²) in [6, 6.07) is 10.9. The highest BCUT2D eigenvalue weighted by Gasteiger charge is 2.07. The molecule has 0 aliphatic carbocycles. The molecule has 5 nitrogen and oxygen atoms in total. The molecule has 0 radical (unpaired) electrons. The number of nitrogens with one attached hydrogen (secondary N) is 1. The molecule has 0 spiro atoms. The van der Waals surface area contributed by atoms with Crippen LogP contribution in [0.2, 0.25) is 0 Å². The normalized spacial score (nSPS) is 10.0. The van der Waals surface area contributed by atoms with Crippen LogP contribution in [0.1, 0.15) is 12.0 Å². The summed E-state index contributed by atoms with van der Waals surface area (Å²) in [5.74, 6) is 0.251. The highest BCUT2D eigenvalue weighted by atomic mass is 19.1. The van der Waals surface area contributed by atoms with E-state index in [0.29, 0.717) is 23.5 Å². The van der Waals surface area contributed by atoms with E-state index >= 15 is 0 Å². The van der Waals surface area contributed by atoms with Crippen LogP contribution in [0, 0.1) is 5.82 Å². The Bertz CT molecular complexity index is 702. The molecule has 126 valence electrons. The third-order valence-corrected chi connectivity index (χ3v) is 3.13. The number of benzene rings is 2. The minimum absolute atomic E-state index is 0.258. The van der Waals surface area contributed by atoms with Gasteiger partial charge in [-0.1, -0.05) is 18.2 Å². The number of anilines is 2. The van der Waals surface area contributed by atoms with Crippen LogP contribution in [0.15, 0.2) is 55.1 Å². The number of nitrogens with two attached hydrogens (primary N) is 1. The molecular weight excluding hydrogens is 311 g/mol. The van der Waals surface area contributed by atoms with Crippen LogP contribution >= 0.6 is 0 Å². The summed E-state index contributed by atoms with van der Waals surface area (Å²) in [7, 11) is 0. The number of carbonyl (C=O) groups is 1. The van der Waals surface area contributed by atoms with Crippen LogP contribution in [0.3, 0.4) is 0 Å². The molecule has 0 atom stereocenters. The van der Waals surface area contributed by atoms with Crippen LogP contribution < -0.4 is 15.8 Å². The summed E-state index contributed by atoms with van der Waals surface area (Å²) >= 11 is 0. The first-order valence-electron chi connectivity index (χ1n) is 7.40. The second-order valence-corrected chi connectivity index (χ2v) is 5.00. The largest absolute Gasteiger partial charge is 0.489 e. The quantitative estimate of drug-likeness (QED) is 0.455. The predicted octanol–water partition coefficient (Wildman–Crippen LogP) is 4.11. The number of hydrogen-bond donors (Lipinski definition) is 2. The molecule has 6 heteroatoms. The lowest BCUT2D eigenvalue weighted by molar-refractivity contribution is 0.164. The van der Waals surface area contributed by atoms with Crippen molar-refractivity contribution >= 4 is 17.5 Å². The number of ether oxygens (including phenoxy) is 2. The van der Waals surface area contributed by atoms with E-state index in [1.807, 2.05) is 0 Å². The molecule has 0 saturated heterocycles. The maximum absolute atomic E-state index is 12.8. The van der Waals surface area contributed by atoms with Crippen molar-refractivity contribution in [1.82, 2.24) is 0 Å².